The summed E-state index contributed by atoms with van der Waals surface area (Å²) >= 11 is 0. The third-order valence-corrected chi connectivity index (χ3v) is 4.65. The molecule has 26 heavy (non-hydrogen) atoms. The largest absolute Gasteiger partial charge is 0.329 e. The number of hydrogen-bond donors (Lipinski definition) is 1. The third-order valence-electron chi connectivity index (χ3n) is 4.65. The lowest BCUT2D eigenvalue weighted by molar-refractivity contribution is -0.121. The molecule has 3 rings (SSSR count). The van der Waals surface area contributed by atoms with Gasteiger partial charge in [0.15, 0.2) is 5.69 Å². The Hall–Kier alpha value is -3.20. The SMILES string of the molecule is [C-]#[N+]c1ccc(N2C(=O)NC(C)(CCc3ccc(F)cc3)C2=O)cc1C. The van der Waals surface area contributed by atoms with Crippen molar-refractivity contribution in [1.29, 1.82) is 0 Å². The molecule has 1 heterocycles. The van der Waals surface area contributed by atoms with E-state index in [9.17, 15) is 14.0 Å². The lowest BCUT2D eigenvalue weighted by Gasteiger charge is -2.22. The summed E-state index contributed by atoms with van der Waals surface area (Å²) in [5.41, 5.74) is 1.50. The highest BCUT2D eigenvalue weighted by molar-refractivity contribution is 6.23. The number of nitrogens with one attached hydrogen (secondary N) is 1. The predicted octanol–water partition coefficient (Wildman–Crippen LogP) is 4.13. The van der Waals surface area contributed by atoms with Gasteiger partial charge in [-0.2, -0.15) is 0 Å². The molecule has 6 heteroatoms. The molecule has 1 aliphatic rings. The average Bonchev–Trinajstić information content (AvgIpc) is 2.83. The van der Waals surface area contributed by atoms with Gasteiger partial charge < -0.3 is 5.32 Å². The van der Waals surface area contributed by atoms with Gasteiger partial charge in [0.05, 0.1) is 12.3 Å². The van der Waals surface area contributed by atoms with Crippen LogP contribution in [-0.4, -0.2) is 17.5 Å². The standard InChI is InChI=1S/C20H18FN3O2/c1-13-12-16(8-9-17(13)22-3)24-18(25)20(2,23-19(24)26)11-10-14-4-6-15(21)7-5-14/h4-9,12H,10-11H2,1-2H3,(H,23,26). The Bertz CT molecular complexity index is 918. The van der Waals surface area contributed by atoms with Crippen LogP contribution in [0.1, 0.15) is 24.5 Å². The number of anilines is 1. The van der Waals surface area contributed by atoms with E-state index in [1.807, 2.05) is 0 Å². The highest BCUT2D eigenvalue weighted by atomic mass is 19.1. The third kappa shape index (κ3) is 3.16. The van der Waals surface area contributed by atoms with Crippen LogP contribution in [0.3, 0.4) is 0 Å². The van der Waals surface area contributed by atoms with Crippen molar-refractivity contribution < 1.29 is 14.0 Å². The monoisotopic (exact) mass is 351 g/mol. The van der Waals surface area contributed by atoms with Crippen molar-refractivity contribution in [3.05, 3.63) is 70.8 Å². The van der Waals surface area contributed by atoms with Gasteiger partial charge in [0.25, 0.3) is 5.91 Å². The number of aryl methyl sites for hydroxylation is 2. The summed E-state index contributed by atoms with van der Waals surface area (Å²) in [6.07, 6.45) is 0.936. The molecule has 0 bridgehead atoms. The van der Waals surface area contributed by atoms with Crippen molar-refractivity contribution in [1.82, 2.24) is 5.32 Å². The molecule has 2 aromatic carbocycles. The average molecular weight is 351 g/mol. The minimum atomic E-state index is -1.03. The van der Waals surface area contributed by atoms with Crippen molar-refractivity contribution in [2.24, 2.45) is 0 Å². The molecule has 132 valence electrons. The van der Waals surface area contributed by atoms with E-state index in [0.29, 0.717) is 29.8 Å². The van der Waals surface area contributed by atoms with Crippen LogP contribution < -0.4 is 10.2 Å². The van der Waals surface area contributed by atoms with Gasteiger partial charge >= 0.3 is 6.03 Å². The summed E-state index contributed by atoms with van der Waals surface area (Å²) in [5.74, 6) is -0.644. The molecule has 1 N–H and O–H groups in total. The first-order chi connectivity index (χ1) is 12.3. The Morgan fingerprint density at radius 1 is 1.19 bits per heavy atom. The van der Waals surface area contributed by atoms with Gasteiger partial charge in [-0.15, -0.1) is 0 Å². The molecule has 1 fully saturated rings. The van der Waals surface area contributed by atoms with Crippen molar-refractivity contribution >= 4 is 23.3 Å². The highest BCUT2D eigenvalue weighted by Gasteiger charge is 2.48. The van der Waals surface area contributed by atoms with Crippen molar-refractivity contribution in [2.75, 3.05) is 4.90 Å². The summed E-state index contributed by atoms with van der Waals surface area (Å²) in [4.78, 5) is 29.8. The molecular weight excluding hydrogens is 333 g/mol. The number of halogens is 1. The zero-order valence-electron chi connectivity index (χ0n) is 14.5. The fourth-order valence-electron chi connectivity index (χ4n) is 3.04. The number of amides is 3. The number of benzene rings is 2. The van der Waals surface area contributed by atoms with Gasteiger partial charge in [-0.05, 0) is 62.1 Å². The van der Waals surface area contributed by atoms with Crippen LogP contribution in [0.15, 0.2) is 42.5 Å². The van der Waals surface area contributed by atoms with Gasteiger partial charge in [-0.3, -0.25) is 4.79 Å². The van der Waals surface area contributed by atoms with E-state index in [1.165, 1.54) is 12.1 Å². The zero-order valence-corrected chi connectivity index (χ0v) is 14.5. The maximum absolute atomic E-state index is 13.0. The Balaban J connectivity index is 1.80. The first-order valence-electron chi connectivity index (χ1n) is 8.23. The Kier molecular flexibility index (Phi) is 4.47. The topological polar surface area (TPSA) is 53.8 Å². The maximum atomic E-state index is 13.0. The van der Waals surface area contributed by atoms with E-state index >= 15 is 0 Å². The van der Waals surface area contributed by atoms with Crippen LogP contribution in [0, 0.1) is 19.3 Å². The van der Waals surface area contributed by atoms with Gasteiger partial charge in [0, 0.05) is 0 Å². The number of nitrogens with zero attached hydrogens (tertiary/aromatic N) is 2. The zero-order chi connectivity index (χ0) is 18.9. The molecule has 1 aliphatic heterocycles. The van der Waals surface area contributed by atoms with Gasteiger partial charge in [0.1, 0.15) is 11.4 Å². The summed E-state index contributed by atoms with van der Waals surface area (Å²) in [6.45, 7) is 10.6. The van der Waals surface area contributed by atoms with Crippen molar-refractivity contribution in [3.63, 3.8) is 0 Å². The van der Waals surface area contributed by atoms with Crippen LogP contribution in [0.5, 0.6) is 0 Å². The molecule has 0 aromatic heterocycles. The molecule has 0 saturated carbocycles. The van der Waals surface area contributed by atoms with E-state index in [1.54, 1.807) is 44.2 Å². The molecule has 0 spiro atoms. The molecule has 2 aromatic rings. The second kappa shape index (κ2) is 6.60. The fraction of sp³-hybridized carbons (Fsp3) is 0.250. The van der Waals surface area contributed by atoms with E-state index in [2.05, 4.69) is 10.2 Å². The smallest absolute Gasteiger partial charge is 0.323 e. The lowest BCUT2D eigenvalue weighted by atomic mass is 9.93. The second-order valence-electron chi connectivity index (χ2n) is 6.61. The number of carbonyl (C=O) groups is 2. The minimum absolute atomic E-state index is 0.311. The number of rotatable bonds is 4. The first-order valence-corrected chi connectivity index (χ1v) is 8.23. The van der Waals surface area contributed by atoms with Crippen LogP contribution in [0.25, 0.3) is 4.85 Å². The molecule has 3 amide bonds. The van der Waals surface area contributed by atoms with Crippen LogP contribution in [0.2, 0.25) is 0 Å². The lowest BCUT2D eigenvalue weighted by Crippen LogP contribution is -2.44. The van der Waals surface area contributed by atoms with E-state index < -0.39 is 11.6 Å². The van der Waals surface area contributed by atoms with Gasteiger partial charge in [-0.25, -0.2) is 18.9 Å². The number of hydrogen-bond acceptors (Lipinski definition) is 2. The normalized spacial score (nSPS) is 19.4. The Morgan fingerprint density at radius 2 is 1.88 bits per heavy atom. The molecule has 0 aliphatic carbocycles. The molecule has 0 radical (unpaired) electrons. The summed E-state index contributed by atoms with van der Waals surface area (Å²) in [5, 5.41) is 2.76. The Morgan fingerprint density at radius 3 is 2.50 bits per heavy atom. The minimum Gasteiger partial charge on any atom is -0.323 e. The predicted molar refractivity (Wildman–Crippen MR) is 96.6 cm³/mol. The summed E-state index contributed by atoms with van der Waals surface area (Å²) in [6, 6.07) is 10.5. The second-order valence-corrected chi connectivity index (χ2v) is 6.61. The van der Waals surface area contributed by atoms with Crippen LogP contribution in [0.4, 0.5) is 20.6 Å². The summed E-state index contributed by atoms with van der Waals surface area (Å²) < 4.78 is 13.0. The van der Waals surface area contributed by atoms with Crippen molar-refractivity contribution in [2.45, 2.75) is 32.2 Å². The van der Waals surface area contributed by atoms with Crippen LogP contribution in [-0.2, 0) is 11.2 Å². The van der Waals surface area contributed by atoms with Crippen LogP contribution >= 0.6 is 0 Å². The summed E-state index contributed by atoms with van der Waals surface area (Å²) in [7, 11) is 0. The quantitative estimate of drug-likeness (QED) is 0.665. The fourth-order valence-corrected chi connectivity index (χ4v) is 3.04. The highest BCUT2D eigenvalue weighted by Crippen LogP contribution is 2.31. The number of imide groups is 1. The molecule has 1 unspecified atom stereocenters. The molecule has 1 atom stereocenters. The van der Waals surface area contributed by atoms with Gasteiger partial charge in [-0.1, -0.05) is 18.2 Å². The molecular formula is C20H18FN3O2. The number of carbonyl (C=O) groups excluding carboxylic acids is 2. The first kappa shape index (κ1) is 17.6. The van der Waals surface area contributed by atoms with E-state index in [4.69, 9.17) is 6.57 Å². The van der Waals surface area contributed by atoms with Crippen molar-refractivity contribution in [3.8, 4) is 0 Å². The maximum Gasteiger partial charge on any atom is 0.329 e. The Labute approximate surface area is 151 Å². The number of urea groups is 1. The molecule has 5 nitrogen and oxygen atoms in total. The van der Waals surface area contributed by atoms with Gasteiger partial charge in [0.2, 0.25) is 0 Å². The van der Waals surface area contributed by atoms with E-state index in [-0.39, 0.29) is 11.7 Å². The van der Waals surface area contributed by atoms with E-state index in [0.717, 1.165) is 10.5 Å². The molecule has 1 saturated heterocycles.